The minimum Gasteiger partial charge on any atom is -0.458 e. The highest BCUT2D eigenvalue weighted by atomic mass is 19.3. The van der Waals surface area contributed by atoms with Crippen molar-refractivity contribution in [2.24, 2.45) is 0 Å². The SMILES string of the molecule is [C-]#[N+]c1cc(F)cc(Oc2ccc3c4c2C(O)[C@@H](F)[C@]4(O)C(F)(F)C3(F)F)c1. The van der Waals surface area contributed by atoms with Crippen molar-refractivity contribution in [3.63, 3.8) is 0 Å². The quantitative estimate of drug-likeness (QED) is 0.576. The second-order valence-corrected chi connectivity index (χ2v) is 6.52. The van der Waals surface area contributed by atoms with Gasteiger partial charge in [-0.25, -0.2) is 13.6 Å². The fourth-order valence-corrected chi connectivity index (χ4v) is 3.71. The van der Waals surface area contributed by atoms with E-state index in [1.807, 2.05) is 0 Å². The number of rotatable bonds is 2. The van der Waals surface area contributed by atoms with Gasteiger partial charge in [-0.1, -0.05) is 0 Å². The number of ether oxygens (including phenoxy) is 1. The van der Waals surface area contributed by atoms with Crippen molar-refractivity contribution >= 4 is 5.69 Å². The third-order valence-corrected chi connectivity index (χ3v) is 4.98. The molecule has 1 unspecified atom stereocenters. The largest absolute Gasteiger partial charge is 0.458 e. The Labute approximate surface area is 153 Å². The van der Waals surface area contributed by atoms with Crippen LogP contribution >= 0.6 is 0 Å². The van der Waals surface area contributed by atoms with Gasteiger partial charge in [0.15, 0.2) is 17.5 Å². The molecule has 0 amide bonds. The summed E-state index contributed by atoms with van der Waals surface area (Å²) in [5.74, 6) is -11.8. The summed E-state index contributed by atoms with van der Waals surface area (Å²) in [6.07, 6.45) is -5.54. The molecule has 0 aliphatic heterocycles. The first kappa shape index (κ1) is 18.6. The molecule has 0 aromatic heterocycles. The molecule has 0 spiro atoms. The van der Waals surface area contributed by atoms with Crippen molar-refractivity contribution in [2.75, 3.05) is 0 Å². The van der Waals surface area contributed by atoms with E-state index in [4.69, 9.17) is 11.3 Å². The molecule has 0 saturated carbocycles. The minimum absolute atomic E-state index is 0.175. The maximum Gasteiger partial charge on any atom is 0.349 e. The Morgan fingerprint density at radius 1 is 1.11 bits per heavy atom. The van der Waals surface area contributed by atoms with Crippen LogP contribution < -0.4 is 4.74 Å². The van der Waals surface area contributed by atoms with Crippen LogP contribution in [0, 0.1) is 12.4 Å². The number of hydrogen-bond acceptors (Lipinski definition) is 3. The van der Waals surface area contributed by atoms with Crippen molar-refractivity contribution in [1.29, 1.82) is 0 Å². The van der Waals surface area contributed by atoms with Crippen molar-refractivity contribution in [3.8, 4) is 11.5 Å². The summed E-state index contributed by atoms with van der Waals surface area (Å²) in [4.78, 5) is 3.00. The second-order valence-electron chi connectivity index (χ2n) is 6.52. The molecule has 0 saturated heterocycles. The number of alkyl halides is 5. The van der Waals surface area contributed by atoms with Crippen LogP contribution in [0.15, 0.2) is 30.3 Å². The molecule has 2 aliphatic carbocycles. The van der Waals surface area contributed by atoms with Crippen LogP contribution in [0.25, 0.3) is 4.85 Å². The van der Waals surface area contributed by atoms with Crippen molar-refractivity contribution in [3.05, 3.63) is 64.3 Å². The molecule has 2 aliphatic rings. The van der Waals surface area contributed by atoms with Gasteiger partial charge in [-0.15, -0.1) is 0 Å². The zero-order valence-electron chi connectivity index (χ0n) is 13.6. The van der Waals surface area contributed by atoms with Gasteiger partial charge in [0.2, 0.25) is 0 Å². The Balaban J connectivity index is 1.92. The van der Waals surface area contributed by atoms with Crippen LogP contribution in [0.2, 0.25) is 0 Å². The fraction of sp³-hybridized carbons (Fsp3) is 0.278. The Kier molecular flexibility index (Phi) is 3.58. The predicted molar refractivity (Wildman–Crippen MR) is 81.8 cm³/mol. The van der Waals surface area contributed by atoms with Crippen LogP contribution in [0.3, 0.4) is 0 Å². The predicted octanol–water partition coefficient (Wildman–Crippen LogP) is 4.48. The minimum atomic E-state index is -5.22. The molecule has 0 fully saturated rings. The number of aliphatic hydroxyl groups is 2. The third-order valence-electron chi connectivity index (χ3n) is 4.98. The molecular weight excluding hydrogens is 392 g/mol. The van der Waals surface area contributed by atoms with Gasteiger partial charge in [0.25, 0.3) is 0 Å². The Morgan fingerprint density at radius 3 is 2.43 bits per heavy atom. The van der Waals surface area contributed by atoms with Gasteiger partial charge in [0.05, 0.1) is 6.57 Å². The number of benzene rings is 2. The second kappa shape index (κ2) is 5.40. The van der Waals surface area contributed by atoms with Gasteiger partial charge in [0.1, 0.15) is 23.4 Å². The van der Waals surface area contributed by atoms with E-state index in [0.29, 0.717) is 6.07 Å². The first-order chi connectivity index (χ1) is 13.0. The van der Waals surface area contributed by atoms with Crippen molar-refractivity contribution in [2.45, 2.75) is 29.7 Å². The highest BCUT2D eigenvalue weighted by molar-refractivity contribution is 5.62. The molecule has 28 heavy (non-hydrogen) atoms. The lowest BCUT2D eigenvalue weighted by molar-refractivity contribution is -0.304. The lowest BCUT2D eigenvalue weighted by atomic mass is 9.93. The summed E-state index contributed by atoms with van der Waals surface area (Å²) < 4.78 is 90.1. The molecule has 0 radical (unpaired) electrons. The fourth-order valence-electron chi connectivity index (χ4n) is 3.71. The molecule has 4 nitrogen and oxygen atoms in total. The molecular formula is C18H9F6NO3. The topological polar surface area (TPSA) is 54.0 Å². The number of halogens is 6. The van der Waals surface area contributed by atoms with Gasteiger partial charge in [-0.2, -0.15) is 17.6 Å². The standard InChI is InChI=1S/C18H9F6NO3/c1-25-8-4-7(19)5-9(6-8)28-11-3-2-10-13-12(11)14(26)15(20)16(13,27)18(23,24)17(10,21)22/h2-6,14-15,26-27H/t14?,15-,16+/m1/s1. The normalized spacial score (nSPS) is 28.7. The van der Waals surface area contributed by atoms with E-state index in [0.717, 1.165) is 24.3 Å². The molecule has 0 heterocycles. The molecule has 2 N–H and O–H groups in total. The van der Waals surface area contributed by atoms with E-state index < -0.39 is 58.0 Å². The van der Waals surface area contributed by atoms with E-state index in [2.05, 4.69) is 4.85 Å². The van der Waals surface area contributed by atoms with E-state index in [9.17, 15) is 36.6 Å². The summed E-state index contributed by atoms with van der Waals surface area (Å²) in [6.45, 7) is 6.89. The molecule has 0 bridgehead atoms. The van der Waals surface area contributed by atoms with Gasteiger partial charge in [0, 0.05) is 22.8 Å². The monoisotopic (exact) mass is 401 g/mol. The summed E-state index contributed by atoms with van der Waals surface area (Å²) in [7, 11) is 0. The molecule has 3 atom stereocenters. The summed E-state index contributed by atoms with van der Waals surface area (Å²) >= 11 is 0. The van der Waals surface area contributed by atoms with E-state index in [1.54, 1.807) is 0 Å². The Morgan fingerprint density at radius 2 is 1.79 bits per heavy atom. The van der Waals surface area contributed by atoms with Gasteiger partial charge in [-0.3, -0.25) is 0 Å². The van der Waals surface area contributed by atoms with Crippen LogP contribution in [0.1, 0.15) is 22.8 Å². The van der Waals surface area contributed by atoms with Gasteiger partial charge < -0.3 is 14.9 Å². The van der Waals surface area contributed by atoms with E-state index in [-0.39, 0.29) is 11.4 Å². The summed E-state index contributed by atoms with van der Waals surface area (Å²) in [5, 5.41) is 20.2. The number of hydrogen-bond donors (Lipinski definition) is 2. The lowest BCUT2D eigenvalue weighted by Crippen LogP contribution is -2.53. The zero-order valence-corrected chi connectivity index (χ0v) is 13.6. The van der Waals surface area contributed by atoms with Gasteiger partial charge in [-0.05, 0) is 24.3 Å². The Bertz CT molecular complexity index is 1050. The number of nitrogens with zero attached hydrogens (tertiary/aromatic N) is 1. The molecule has 2 aromatic carbocycles. The first-order valence-corrected chi connectivity index (χ1v) is 7.80. The van der Waals surface area contributed by atoms with E-state index in [1.165, 1.54) is 0 Å². The molecule has 10 heteroatoms. The van der Waals surface area contributed by atoms with Crippen LogP contribution in [0.4, 0.5) is 32.0 Å². The molecule has 4 rings (SSSR count). The molecule has 146 valence electrons. The highest BCUT2D eigenvalue weighted by Crippen LogP contribution is 2.68. The first-order valence-electron chi connectivity index (χ1n) is 7.80. The average Bonchev–Trinajstić information content (AvgIpc) is 2.90. The van der Waals surface area contributed by atoms with Crippen molar-refractivity contribution < 1.29 is 41.3 Å². The summed E-state index contributed by atoms with van der Waals surface area (Å²) in [6, 6.07) is 4.08. The van der Waals surface area contributed by atoms with Crippen molar-refractivity contribution in [1.82, 2.24) is 0 Å². The third kappa shape index (κ3) is 1.98. The van der Waals surface area contributed by atoms with Gasteiger partial charge >= 0.3 is 11.8 Å². The zero-order chi connectivity index (χ0) is 20.6. The maximum absolute atomic E-state index is 14.5. The Hall–Kier alpha value is -2.77. The highest BCUT2D eigenvalue weighted by Gasteiger charge is 2.82. The lowest BCUT2D eigenvalue weighted by Gasteiger charge is -2.32. The molecule has 2 aromatic rings. The maximum atomic E-state index is 14.5. The van der Waals surface area contributed by atoms with Crippen LogP contribution in [-0.2, 0) is 11.5 Å². The summed E-state index contributed by atoms with van der Waals surface area (Å²) in [5.41, 5.74) is -7.39. The van der Waals surface area contributed by atoms with Crippen LogP contribution in [-0.4, -0.2) is 22.3 Å². The van der Waals surface area contributed by atoms with Crippen LogP contribution in [0.5, 0.6) is 11.5 Å². The number of aliphatic hydroxyl groups excluding tert-OH is 1. The van der Waals surface area contributed by atoms with E-state index >= 15 is 0 Å². The smallest absolute Gasteiger partial charge is 0.349 e. The average molecular weight is 401 g/mol.